The van der Waals surface area contributed by atoms with Gasteiger partial charge >= 0.3 is 0 Å². The molecule has 1 amide bonds. The highest BCUT2D eigenvalue weighted by molar-refractivity contribution is 7.99. The number of hydrogen-bond donors (Lipinski definition) is 1. The summed E-state index contributed by atoms with van der Waals surface area (Å²) in [5, 5.41) is 25.0. The maximum atomic E-state index is 12.0. The molecule has 10 heteroatoms. The van der Waals surface area contributed by atoms with Crippen molar-refractivity contribution in [1.82, 2.24) is 20.2 Å². The first-order valence-corrected chi connectivity index (χ1v) is 7.28. The van der Waals surface area contributed by atoms with Crippen molar-refractivity contribution in [2.75, 3.05) is 11.1 Å². The molecule has 22 heavy (non-hydrogen) atoms. The number of carbonyl (C=O) groups is 1. The van der Waals surface area contributed by atoms with Gasteiger partial charge in [0.1, 0.15) is 5.69 Å². The van der Waals surface area contributed by atoms with E-state index in [4.69, 9.17) is 0 Å². The molecule has 0 aliphatic rings. The molecule has 116 valence electrons. The van der Waals surface area contributed by atoms with Crippen LogP contribution in [0.5, 0.6) is 0 Å². The van der Waals surface area contributed by atoms with Gasteiger partial charge in [-0.1, -0.05) is 17.8 Å². The number of aromatic nitrogens is 4. The normalized spacial score (nSPS) is 10.5. The van der Waals surface area contributed by atoms with Crippen molar-refractivity contribution in [3.8, 4) is 0 Å². The van der Waals surface area contributed by atoms with Crippen LogP contribution in [0.2, 0.25) is 0 Å². The molecule has 0 fully saturated rings. The molecule has 0 aliphatic heterocycles. The van der Waals surface area contributed by atoms with E-state index in [1.807, 2.05) is 6.92 Å². The zero-order valence-electron chi connectivity index (χ0n) is 12.2. The minimum Gasteiger partial charge on any atom is -0.319 e. The third kappa shape index (κ3) is 3.39. The summed E-state index contributed by atoms with van der Waals surface area (Å²) in [6.45, 7) is 3.56. The number of benzene rings is 1. The Hall–Kier alpha value is -2.49. The van der Waals surface area contributed by atoms with E-state index in [2.05, 4.69) is 20.8 Å². The van der Waals surface area contributed by atoms with Gasteiger partial charge in [-0.25, -0.2) is 4.68 Å². The van der Waals surface area contributed by atoms with Crippen molar-refractivity contribution in [2.24, 2.45) is 7.05 Å². The predicted octanol–water partition coefficient (Wildman–Crippen LogP) is 1.47. The van der Waals surface area contributed by atoms with Crippen molar-refractivity contribution in [3.05, 3.63) is 33.4 Å². The molecule has 0 unspecified atom stereocenters. The maximum Gasteiger partial charge on any atom is 0.293 e. The molecule has 1 heterocycles. The Morgan fingerprint density at radius 2 is 2.18 bits per heavy atom. The Bertz CT molecular complexity index is 730. The van der Waals surface area contributed by atoms with Gasteiger partial charge in [0.05, 0.1) is 10.7 Å². The number of thioether (sulfide) groups is 1. The van der Waals surface area contributed by atoms with Crippen LogP contribution in [0.25, 0.3) is 0 Å². The van der Waals surface area contributed by atoms with Crippen molar-refractivity contribution < 1.29 is 9.72 Å². The Balaban J connectivity index is 2.13. The van der Waals surface area contributed by atoms with Gasteiger partial charge in [-0.05, 0) is 35.4 Å². The number of tetrazole rings is 1. The van der Waals surface area contributed by atoms with Crippen LogP contribution in [-0.4, -0.2) is 36.8 Å². The fourth-order valence-corrected chi connectivity index (χ4v) is 2.41. The summed E-state index contributed by atoms with van der Waals surface area (Å²) in [5.74, 6) is -0.302. The lowest BCUT2D eigenvalue weighted by atomic mass is 10.1. The van der Waals surface area contributed by atoms with Gasteiger partial charge < -0.3 is 5.32 Å². The standard InChI is InChI=1S/C12H14N6O3S/c1-7-4-5-9(18(20)21)11(8(7)2)13-10(19)6-22-12-14-15-16-17(12)3/h4-5H,6H2,1-3H3,(H,13,19). The Morgan fingerprint density at radius 1 is 1.45 bits per heavy atom. The van der Waals surface area contributed by atoms with E-state index in [1.165, 1.54) is 10.7 Å². The number of aryl methyl sites for hydroxylation is 2. The van der Waals surface area contributed by atoms with Gasteiger partial charge in [-0.15, -0.1) is 5.10 Å². The van der Waals surface area contributed by atoms with Gasteiger partial charge in [0.2, 0.25) is 11.1 Å². The topological polar surface area (TPSA) is 116 Å². The van der Waals surface area contributed by atoms with Gasteiger partial charge in [0, 0.05) is 13.1 Å². The van der Waals surface area contributed by atoms with Crippen LogP contribution in [0.15, 0.2) is 17.3 Å². The Labute approximate surface area is 130 Å². The molecule has 0 radical (unpaired) electrons. The third-order valence-corrected chi connectivity index (χ3v) is 4.10. The summed E-state index contributed by atoms with van der Waals surface area (Å²) in [7, 11) is 1.66. The second kappa shape index (κ2) is 6.52. The lowest BCUT2D eigenvalue weighted by Crippen LogP contribution is -2.16. The quantitative estimate of drug-likeness (QED) is 0.503. The van der Waals surface area contributed by atoms with E-state index in [9.17, 15) is 14.9 Å². The molecular formula is C12H14N6O3S. The maximum absolute atomic E-state index is 12.0. The fraction of sp³-hybridized carbons (Fsp3) is 0.333. The lowest BCUT2D eigenvalue weighted by Gasteiger charge is -2.10. The largest absolute Gasteiger partial charge is 0.319 e. The van der Waals surface area contributed by atoms with Crippen molar-refractivity contribution in [3.63, 3.8) is 0 Å². The first-order chi connectivity index (χ1) is 10.4. The van der Waals surface area contributed by atoms with E-state index >= 15 is 0 Å². The number of hydrogen-bond acceptors (Lipinski definition) is 7. The highest BCUT2D eigenvalue weighted by Gasteiger charge is 2.19. The number of carbonyl (C=O) groups excluding carboxylic acids is 1. The van der Waals surface area contributed by atoms with Crippen molar-refractivity contribution >= 4 is 29.0 Å². The molecule has 0 saturated heterocycles. The molecule has 2 aromatic rings. The van der Waals surface area contributed by atoms with E-state index in [0.717, 1.165) is 17.3 Å². The number of amides is 1. The van der Waals surface area contributed by atoms with E-state index in [1.54, 1.807) is 20.0 Å². The molecule has 0 bridgehead atoms. The summed E-state index contributed by atoms with van der Waals surface area (Å²) in [6, 6.07) is 3.04. The zero-order valence-corrected chi connectivity index (χ0v) is 13.0. The van der Waals surface area contributed by atoms with E-state index < -0.39 is 4.92 Å². The molecule has 1 aromatic heterocycles. The SMILES string of the molecule is Cc1ccc([N+](=O)[O-])c(NC(=O)CSc2nnnn2C)c1C. The summed E-state index contributed by atoms with van der Waals surface area (Å²) >= 11 is 1.15. The summed E-state index contributed by atoms with van der Waals surface area (Å²) in [5.41, 5.74) is 1.65. The first kappa shape index (κ1) is 15.9. The molecule has 2 rings (SSSR count). The summed E-state index contributed by atoms with van der Waals surface area (Å²) in [4.78, 5) is 22.6. The van der Waals surface area contributed by atoms with E-state index in [-0.39, 0.29) is 23.0 Å². The third-order valence-electron chi connectivity index (χ3n) is 3.09. The number of nitrogens with zero attached hydrogens (tertiary/aromatic N) is 5. The molecule has 1 aromatic carbocycles. The highest BCUT2D eigenvalue weighted by Crippen LogP contribution is 2.30. The molecule has 9 nitrogen and oxygen atoms in total. The predicted molar refractivity (Wildman–Crippen MR) is 80.7 cm³/mol. The van der Waals surface area contributed by atoms with Crippen LogP contribution in [-0.2, 0) is 11.8 Å². The Morgan fingerprint density at radius 3 is 2.77 bits per heavy atom. The van der Waals surface area contributed by atoms with Gasteiger partial charge in [0.15, 0.2) is 0 Å². The smallest absolute Gasteiger partial charge is 0.293 e. The fourth-order valence-electron chi connectivity index (χ4n) is 1.76. The second-order valence-corrected chi connectivity index (χ2v) is 5.52. The van der Waals surface area contributed by atoms with Crippen LogP contribution in [0.1, 0.15) is 11.1 Å². The van der Waals surface area contributed by atoms with Gasteiger partial charge in [-0.3, -0.25) is 14.9 Å². The number of nitrogens with one attached hydrogen (secondary N) is 1. The van der Waals surface area contributed by atoms with Crippen LogP contribution < -0.4 is 5.32 Å². The number of nitro benzene ring substituents is 1. The van der Waals surface area contributed by atoms with Crippen molar-refractivity contribution in [2.45, 2.75) is 19.0 Å². The number of anilines is 1. The molecular weight excluding hydrogens is 308 g/mol. The number of rotatable bonds is 5. The summed E-state index contributed by atoms with van der Waals surface area (Å²) in [6.07, 6.45) is 0. The van der Waals surface area contributed by atoms with Crippen LogP contribution in [0, 0.1) is 24.0 Å². The summed E-state index contributed by atoms with van der Waals surface area (Å²) < 4.78 is 1.44. The highest BCUT2D eigenvalue weighted by atomic mass is 32.2. The Kier molecular flexibility index (Phi) is 4.71. The van der Waals surface area contributed by atoms with E-state index in [0.29, 0.717) is 10.7 Å². The molecule has 1 N–H and O–H groups in total. The minimum absolute atomic E-state index is 0.0543. The molecule has 0 saturated carbocycles. The zero-order chi connectivity index (χ0) is 16.3. The second-order valence-electron chi connectivity index (χ2n) is 4.58. The average Bonchev–Trinajstić information content (AvgIpc) is 2.87. The first-order valence-electron chi connectivity index (χ1n) is 6.29. The van der Waals surface area contributed by atoms with Crippen LogP contribution in [0.4, 0.5) is 11.4 Å². The van der Waals surface area contributed by atoms with Gasteiger partial charge in [-0.2, -0.15) is 0 Å². The monoisotopic (exact) mass is 322 g/mol. The van der Waals surface area contributed by atoms with Gasteiger partial charge in [0.25, 0.3) is 5.69 Å². The molecule has 0 atom stereocenters. The van der Waals surface area contributed by atoms with Crippen LogP contribution in [0.3, 0.4) is 0 Å². The minimum atomic E-state index is -0.512. The lowest BCUT2D eigenvalue weighted by molar-refractivity contribution is -0.384. The average molecular weight is 322 g/mol. The number of nitro groups is 1. The van der Waals surface area contributed by atoms with Crippen molar-refractivity contribution in [1.29, 1.82) is 0 Å². The molecule has 0 aliphatic carbocycles. The molecule has 0 spiro atoms. The van der Waals surface area contributed by atoms with Crippen LogP contribution >= 0.6 is 11.8 Å².